The SMILES string of the molecule is CC(C)(C)OC(=O)NCCOc1cc(C=O)cc(-c2cccc(C(F)(F)F)c2)c1. The first-order valence-corrected chi connectivity index (χ1v) is 8.85. The summed E-state index contributed by atoms with van der Waals surface area (Å²) in [5, 5.41) is 2.53. The topological polar surface area (TPSA) is 64.6 Å². The van der Waals surface area contributed by atoms with Gasteiger partial charge in [-0.05, 0) is 62.2 Å². The van der Waals surface area contributed by atoms with Crippen LogP contribution in [0.25, 0.3) is 11.1 Å². The standard InChI is InChI=1S/C21H22F3NO4/c1-20(2,3)29-19(27)25-7-8-28-18-10-14(13-26)9-16(12-18)15-5-4-6-17(11-15)21(22,23)24/h4-6,9-13H,7-8H2,1-3H3,(H,25,27). The van der Waals surface area contributed by atoms with Crippen LogP contribution in [0.3, 0.4) is 0 Å². The number of carbonyl (C=O) groups is 2. The summed E-state index contributed by atoms with van der Waals surface area (Å²) >= 11 is 0. The summed E-state index contributed by atoms with van der Waals surface area (Å²) in [5.41, 5.74) is -0.426. The first-order chi connectivity index (χ1) is 13.5. The smallest absolute Gasteiger partial charge is 0.416 e. The van der Waals surface area contributed by atoms with Crippen molar-refractivity contribution < 1.29 is 32.2 Å². The maximum Gasteiger partial charge on any atom is 0.416 e. The van der Waals surface area contributed by atoms with Crippen LogP contribution in [0, 0.1) is 0 Å². The number of carbonyl (C=O) groups excluding carboxylic acids is 2. The first kappa shape index (κ1) is 22.3. The van der Waals surface area contributed by atoms with E-state index in [-0.39, 0.29) is 18.7 Å². The van der Waals surface area contributed by atoms with E-state index in [9.17, 15) is 22.8 Å². The zero-order valence-electron chi connectivity index (χ0n) is 16.3. The minimum atomic E-state index is -4.47. The van der Waals surface area contributed by atoms with Gasteiger partial charge in [-0.25, -0.2) is 4.79 Å². The molecule has 0 aliphatic carbocycles. The van der Waals surface area contributed by atoms with Gasteiger partial charge in [-0.1, -0.05) is 12.1 Å². The van der Waals surface area contributed by atoms with E-state index in [2.05, 4.69) is 5.32 Å². The van der Waals surface area contributed by atoms with Crippen LogP contribution in [0.4, 0.5) is 18.0 Å². The zero-order chi connectivity index (χ0) is 21.7. The molecule has 5 nitrogen and oxygen atoms in total. The van der Waals surface area contributed by atoms with E-state index in [0.717, 1.165) is 12.1 Å². The number of nitrogens with one attached hydrogen (secondary N) is 1. The van der Waals surface area contributed by atoms with Crippen molar-refractivity contribution in [3.8, 4) is 16.9 Å². The number of halogens is 3. The quantitative estimate of drug-likeness (QED) is 0.533. The number of amides is 1. The highest BCUT2D eigenvalue weighted by Crippen LogP contribution is 2.33. The predicted octanol–water partition coefficient (Wildman–Crippen LogP) is 5.09. The lowest BCUT2D eigenvalue weighted by Gasteiger charge is -2.19. The van der Waals surface area contributed by atoms with Gasteiger partial charge in [-0.3, -0.25) is 4.79 Å². The molecule has 0 saturated carbocycles. The molecule has 29 heavy (non-hydrogen) atoms. The van der Waals surface area contributed by atoms with Crippen LogP contribution in [-0.2, 0) is 10.9 Å². The number of rotatable bonds is 6. The van der Waals surface area contributed by atoms with Gasteiger partial charge >= 0.3 is 12.3 Å². The monoisotopic (exact) mass is 409 g/mol. The molecule has 0 fully saturated rings. The van der Waals surface area contributed by atoms with E-state index in [1.807, 2.05) is 0 Å². The second-order valence-corrected chi connectivity index (χ2v) is 7.26. The first-order valence-electron chi connectivity index (χ1n) is 8.85. The van der Waals surface area contributed by atoms with Gasteiger partial charge in [-0.2, -0.15) is 13.2 Å². The van der Waals surface area contributed by atoms with Crippen molar-refractivity contribution in [2.24, 2.45) is 0 Å². The summed E-state index contributed by atoms with van der Waals surface area (Å²) in [4.78, 5) is 22.8. The predicted molar refractivity (Wildman–Crippen MR) is 102 cm³/mol. The molecule has 2 aromatic rings. The molecule has 2 aromatic carbocycles. The lowest BCUT2D eigenvalue weighted by molar-refractivity contribution is -0.137. The van der Waals surface area contributed by atoms with Gasteiger partial charge in [0.05, 0.1) is 12.1 Å². The molecule has 156 valence electrons. The molecular formula is C21H22F3NO4. The van der Waals surface area contributed by atoms with Crippen molar-refractivity contribution in [1.29, 1.82) is 0 Å². The third-order valence-corrected chi connectivity index (χ3v) is 3.63. The highest BCUT2D eigenvalue weighted by Gasteiger charge is 2.30. The van der Waals surface area contributed by atoms with E-state index in [4.69, 9.17) is 9.47 Å². The second-order valence-electron chi connectivity index (χ2n) is 7.26. The van der Waals surface area contributed by atoms with Gasteiger partial charge in [0, 0.05) is 5.56 Å². The maximum atomic E-state index is 13.0. The fourth-order valence-electron chi connectivity index (χ4n) is 2.45. The fourth-order valence-corrected chi connectivity index (χ4v) is 2.45. The summed E-state index contributed by atoms with van der Waals surface area (Å²) in [6, 6.07) is 9.30. The summed E-state index contributed by atoms with van der Waals surface area (Å²) in [6.45, 7) is 5.46. The van der Waals surface area contributed by atoms with E-state index in [1.54, 1.807) is 20.8 Å². The Hall–Kier alpha value is -3.03. The second kappa shape index (κ2) is 8.98. The molecule has 0 spiro atoms. The number of hydrogen-bond donors (Lipinski definition) is 1. The Labute approximate surface area is 166 Å². The molecule has 0 saturated heterocycles. The average molecular weight is 409 g/mol. The van der Waals surface area contributed by atoms with E-state index < -0.39 is 23.4 Å². The molecule has 0 bridgehead atoms. The molecule has 1 amide bonds. The summed E-state index contributed by atoms with van der Waals surface area (Å²) in [5.74, 6) is 0.299. The molecule has 0 unspecified atom stereocenters. The van der Waals surface area contributed by atoms with Crippen LogP contribution < -0.4 is 10.1 Å². The van der Waals surface area contributed by atoms with Crippen LogP contribution in [0.2, 0.25) is 0 Å². The van der Waals surface area contributed by atoms with Crippen molar-refractivity contribution in [1.82, 2.24) is 5.32 Å². The maximum absolute atomic E-state index is 13.0. The van der Waals surface area contributed by atoms with Crippen molar-refractivity contribution in [2.45, 2.75) is 32.5 Å². The third kappa shape index (κ3) is 7.14. The van der Waals surface area contributed by atoms with Crippen LogP contribution >= 0.6 is 0 Å². The molecule has 1 N–H and O–H groups in total. The summed E-state index contributed by atoms with van der Waals surface area (Å²) in [6.07, 6.45) is -4.47. The largest absolute Gasteiger partial charge is 0.492 e. The highest BCUT2D eigenvalue weighted by atomic mass is 19.4. The molecule has 0 atom stereocenters. The Bertz CT molecular complexity index is 873. The Balaban J connectivity index is 2.10. The van der Waals surface area contributed by atoms with Gasteiger partial charge in [0.15, 0.2) is 0 Å². The van der Waals surface area contributed by atoms with E-state index in [0.29, 0.717) is 23.2 Å². The Kier molecular flexibility index (Phi) is 6.89. The molecular weight excluding hydrogens is 387 g/mol. The number of alkyl carbamates (subject to hydrolysis) is 1. The van der Waals surface area contributed by atoms with Crippen molar-refractivity contribution in [3.63, 3.8) is 0 Å². The third-order valence-electron chi connectivity index (χ3n) is 3.63. The van der Waals surface area contributed by atoms with Crippen molar-refractivity contribution >= 4 is 12.4 Å². The Morgan fingerprint density at radius 3 is 2.41 bits per heavy atom. The molecule has 0 aliphatic heterocycles. The molecule has 0 heterocycles. The van der Waals surface area contributed by atoms with Crippen LogP contribution in [0.5, 0.6) is 5.75 Å². The average Bonchev–Trinajstić information content (AvgIpc) is 2.63. The zero-order valence-corrected chi connectivity index (χ0v) is 16.3. The molecule has 8 heteroatoms. The number of aldehydes is 1. The lowest BCUT2D eigenvalue weighted by atomic mass is 10.0. The van der Waals surface area contributed by atoms with Gasteiger partial charge < -0.3 is 14.8 Å². The number of benzene rings is 2. The summed E-state index contributed by atoms with van der Waals surface area (Å²) < 4.78 is 49.5. The van der Waals surface area contributed by atoms with Gasteiger partial charge in [0.25, 0.3) is 0 Å². The van der Waals surface area contributed by atoms with E-state index in [1.165, 1.54) is 30.3 Å². The number of ether oxygens (including phenoxy) is 2. The Morgan fingerprint density at radius 2 is 1.79 bits per heavy atom. The van der Waals surface area contributed by atoms with Gasteiger partial charge in [0.1, 0.15) is 24.2 Å². The van der Waals surface area contributed by atoms with Crippen LogP contribution in [0.15, 0.2) is 42.5 Å². The van der Waals surface area contributed by atoms with Crippen molar-refractivity contribution in [2.75, 3.05) is 13.2 Å². The van der Waals surface area contributed by atoms with Crippen LogP contribution in [0.1, 0.15) is 36.7 Å². The number of alkyl halides is 3. The normalized spacial score (nSPS) is 11.7. The van der Waals surface area contributed by atoms with E-state index >= 15 is 0 Å². The van der Waals surface area contributed by atoms with Crippen molar-refractivity contribution in [3.05, 3.63) is 53.6 Å². The van der Waals surface area contributed by atoms with Crippen LogP contribution in [-0.4, -0.2) is 31.1 Å². The summed E-state index contributed by atoms with van der Waals surface area (Å²) in [7, 11) is 0. The lowest BCUT2D eigenvalue weighted by Crippen LogP contribution is -2.34. The van der Waals surface area contributed by atoms with Gasteiger partial charge in [0.2, 0.25) is 0 Å². The van der Waals surface area contributed by atoms with Gasteiger partial charge in [-0.15, -0.1) is 0 Å². The Morgan fingerprint density at radius 1 is 1.07 bits per heavy atom. The fraction of sp³-hybridized carbons (Fsp3) is 0.333. The number of hydrogen-bond acceptors (Lipinski definition) is 4. The molecule has 0 radical (unpaired) electrons. The molecule has 0 aliphatic rings. The minimum Gasteiger partial charge on any atom is -0.492 e. The molecule has 0 aromatic heterocycles. The molecule has 2 rings (SSSR count). The highest BCUT2D eigenvalue weighted by molar-refractivity contribution is 5.80. The minimum absolute atomic E-state index is 0.0869.